The Hall–Kier alpha value is -5.30. The lowest BCUT2D eigenvalue weighted by molar-refractivity contribution is 0.465. The van der Waals surface area contributed by atoms with Crippen molar-refractivity contribution in [1.29, 1.82) is 0 Å². The summed E-state index contributed by atoms with van der Waals surface area (Å²) < 4.78 is 6.00. The lowest BCUT2D eigenvalue weighted by Gasteiger charge is -2.36. The predicted octanol–water partition coefficient (Wildman–Crippen LogP) is 6.98. The number of imidazole rings is 1. The zero-order valence-corrected chi connectivity index (χ0v) is 23.8. The summed E-state index contributed by atoms with van der Waals surface area (Å²) in [6.45, 7) is 4.38. The molecule has 0 aliphatic rings. The lowest BCUT2D eigenvalue weighted by Crippen LogP contribution is -2.39. The molecule has 42 heavy (non-hydrogen) atoms. The molecule has 7 nitrogen and oxygen atoms in total. The molecule has 0 saturated heterocycles. The summed E-state index contributed by atoms with van der Waals surface area (Å²) in [5, 5.41) is 10.8. The zero-order chi connectivity index (χ0) is 28.7. The monoisotopic (exact) mass is 549 g/mol. The number of hydrogen-bond acceptors (Lipinski definition) is 4. The van der Waals surface area contributed by atoms with Gasteiger partial charge >= 0.3 is 0 Å². The Morgan fingerprint density at radius 1 is 0.714 bits per heavy atom. The molecule has 0 saturated carbocycles. The van der Waals surface area contributed by atoms with Gasteiger partial charge in [0.2, 0.25) is 0 Å². The predicted molar refractivity (Wildman–Crippen MR) is 166 cm³/mol. The largest absolute Gasteiger partial charge is 0.305 e. The Labute approximate surface area is 244 Å². The Morgan fingerprint density at radius 3 is 1.83 bits per heavy atom. The average Bonchev–Trinajstić information content (AvgIpc) is 3.78. The Bertz CT molecular complexity index is 1870. The molecular formula is C35H31N7. The molecule has 0 radical (unpaired) electrons. The highest BCUT2D eigenvalue weighted by Crippen LogP contribution is 2.43. The normalized spacial score (nSPS) is 11.9. The number of hydrogen-bond donors (Lipinski definition) is 0. The van der Waals surface area contributed by atoms with Crippen molar-refractivity contribution in [3.8, 4) is 16.9 Å². The van der Waals surface area contributed by atoms with Gasteiger partial charge in [-0.1, -0.05) is 105 Å². The highest BCUT2D eigenvalue weighted by Gasteiger charge is 2.41. The summed E-state index contributed by atoms with van der Waals surface area (Å²) in [7, 11) is 1.91. The minimum atomic E-state index is -0.767. The van der Waals surface area contributed by atoms with Gasteiger partial charge < -0.3 is 4.57 Å². The smallest absolute Gasteiger partial charge is 0.161 e. The van der Waals surface area contributed by atoms with Crippen molar-refractivity contribution in [2.45, 2.75) is 25.3 Å². The molecule has 4 heterocycles. The average molecular weight is 550 g/mol. The fourth-order valence-electron chi connectivity index (χ4n) is 5.97. The Balaban J connectivity index is 1.56. The van der Waals surface area contributed by atoms with E-state index < -0.39 is 5.54 Å². The highest BCUT2D eigenvalue weighted by atomic mass is 15.4. The number of aromatic nitrogens is 7. The van der Waals surface area contributed by atoms with Gasteiger partial charge in [0.25, 0.3) is 0 Å². The summed E-state index contributed by atoms with van der Waals surface area (Å²) in [5.41, 5.74) is 7.16. The van der Waals surface area contributed by atoms with Crippen LogP contribution < -0.4 is 0 Å². The third-order valence-electron chi connectivity index (χ3n) is 7.87. The van der Waals surface area contributed by atoms with E-state index in [2.05, 4.69) is 119 Å². The molecular weight excluding hydrogens is 518 g/mol. The molecule has 7 heteroatoms. The van der Waals surface area contributed by atoms with Crippen LogP contribution in [0.2, 0.25) is 0 Å². The summed E-state index contributed by atoms with van der Waals surface area (Å²) in [6.07, 6.45) is 9.58. The van der Waals surface area contributed by atoms with Gasteiger partial charge in [0.1, 0.15) is 5.54 Å². The number of benzene rings is 3. The van der Waals surface area contributed by atoms with Crippen molar-refractivity contribution in [3.63, 3.8) is 0 Å². The molecule has 0 aliphatic carbocycles. The van der Waals surface area contributed by atoms with Crippen LogP contribution in [0.3, 0.4) is 0 Å². The van der Waals surface area contributed by atoms with Gasteiger partial charge in [0.05, 0.1) is 35.0 Å². The number of nitrogens with zero attached hydrogens (tertiary/aromatic N) is 7. The Kier molecular flexibility index (Phi) is 6.27. The number of fused-ring (bicyclic) bond motifs is 1. The van der Waals surface area contributed by atoms with Gasteiger partial charge in [-0.05, 0) is 28.7 Å². The van der Waals surface area contributed by atoms with Crippen LogP contribution in [-0.4, -0.2) is 34.1 Å². The van der Waals surface area contributed by atoms with Crippen LogP contribution in [0.1, 0.15) is 42.1 Å². The van der Waals surface area contributed by atoms with Crippen molar-refractivity contribution in [1.82, 2.24) is 34.1 Å². The first-order chi connectivity index (χ1) is 20.6. The number of aryl methyl sites for hydroxylation is 1. The van der Waals surface area contributed by atoms with Crippen LogP contribution in [0.4, 0.5) is 0 Å². The van der Waals surface area contributed by atoms with E-state index >= 15 is 0 Å². The van der Waals surface area contributed by atoms with Gasteiger partial charge in [0.15, 0.2) is 5.65 Å². The van der Waals surface area contributed by atoms with E-state index in [0.717, 1.165) is 50.4 Å². The second kappa shape index (κ2) is 10.3. The van der Waals surface area contributed by atoms with Gasteiger partial charge in [-0.2, -0.15) is 10.2 Å². The molecule has 206 valence electrons. The van der Waals surface area contributed by atoms with Crippen LogP contribution in [-0.2, 0) is 12.6 Å². The van der Waals surface area contributed by atoms with Crippen molar-refractivity contribution in [2.75, 3.05) is 0 Å². The molecule has 7 aromatic rings. The number of rotatable bonds is 7. The van der Waals surface area contributed by atoms with Gasteiger partial charge in [0, 0.05) is 31.2 Å². The molecule has 0 bridgehead atoms. The van der Waals surface area contributed by atoms with Crippen molar-refractivity contribution in [2.24, 2.45) is 7.05 Å². The molecule has 0 amide bonds. The fraction of sp³-hybridized carbons (Fsp3) is 0.143. The van der Waals surface area contributed by atoms with E-state index in [1.807, 2.05) is 44.2 Å². The van der Waals surface area contributed by atoms with E-state index in [9.17, 15) is 0 Å². The molecule has 3 aromatic carbocycles. The van der Waals surface area contributed by atoms with E-state index in [-0.39, 0.29) is 5.92 Å². The second-order valence-corrected chi connectivity index (χ2v) is 10.9. The maximum atomic E-state index is 5.45. The van der Waals surface area contributed by atoms with Crippen molar-refractivity contribution < 1.29 is 0 Å². The summed E-state index contributed by atoms with van der Waals surface area (Å²) in [5.74, 6) is 0.151. The van der Waals surface area contributed by atoms with E-state index in [0.29, 0.717) is 0 Å². The van der Waals surface area contributed by atoms with Crippen LogP contribution in [0.5, 0.6) is 0 Å². The second-order valence-electron chi connectivity index (χ2n) is 10.9. The zero-order valence-electron chi connectivity index (χ0n) is 23.8. The standard InChI is InChI=1S/C35H31N7/c1-25(2)33-32-31(41-23-30(37-24-41)26-21-38-40(3)22-26)19-20-36-34(32)42(39-33)35(27-13-7-4-8-14-27,28-15-9-5-10-16-28)29-17-11-6-12-18-29/h4-25H,1-3H3. The maximum Gasteiger partial charge on any atom is 0.161 e. The SMILES string of the molecule is CC(C)c1nn(C(c2ccccc2)(c2ccccc2)c2ccccc2)c2nccc(-n3cnc(-c4cnn(C)c4)c3)c12. The van der Waals surface area contributed by atoms with Crippen LogP contribution >= 0.6 is 0 Å². The molecule has 0 aliphatic heterocycles. The van der Waals surface area contributed by atoms with Crippen molar-refractivity contribution in [3.05, 3.63) is 151 Å². The van der Waals surface area contributed by atoms with Crippen LogP contribution in [0.15, 0.2) is 128 Å². The molecule has 0 fully saturated rings. The molecule has 4 aromatic heterocycles. The quantitative estimate of drug-likeness (QED) is 0.201. The summed E-state index contributed by atoms with van der Waals surface area (Å²) >= 11 is 0. The highest BCUT2D eigenvalue weighted by molar-refractivity contribution is 5.89. The third-order valence-corrected chi connectivity index (χ3v) is 7.87. The summed E-state index contributed by atoms with van der Waals surface area (Å²) in [6, 6.07) is 33.9. The topological polar surface area (TPSA) is 66.3 Å². The third kappa shape index (κ3) is 4.05. The first-order valence-corrected chi connectivity index (χ1v) is 14.2. The van der Waals surface area contributed by atoms with E-state index in [4.69, 9.17) is 15.1 Å². The van der Waals surface area contributed by atoms with E-state index in [1.54, 1.807) is 4.68 Å². The molecule has 0 N–H and O–H groups in total. The van der Waals surface area contributed by atoms with Gasteiger partial charge in [-0.3, -0.25) is 4.68 Å². The minimum Gasteiger partial charge on any atom is -0.305 e. The fourth-order valence-corrected chi connectivity index (χ4v) is 5.97. The maximum absolute atomic E-state index is 5.45. The van der Waals surface area contributed by atoms with Crippen LogP contribution in [0, 0.1) is 0 Å². The van der Waals surface area contributed by atoms with Crippen molar-refractivity contribution >= 4 is 11.0 Å². The number of pyridine rings is 1. The molecule has 0 spiro atoms. The lowest BCUT2D eigenvalue weighted by atomic mass is 9.77. The molecule has 7 rings (SSSR count). The first-order valence-electron chi connectivity index (χ1n) is 14.2. The van der Waals surface area contributed by atoms with Gasteiger partial charge in [-0.15, -0.1) is 0 Å². The Morgan fingerprint density at radius 2 is 1.31 bits per heavy atom. The molecule has 0 atom stereocenters. The first kappa shape index (κ1) is 25.7. The van der Waals surface area contributed by atoms with E-state index in [1.165, 1.54) is 0 Å². The van der Waals surface area contributed by atoms with Crippen LogP contribution in [0.25, 0.3) is 28.0 Å². The summed E-state index contributed by atoms with van der Waals surface area (Å²) in [4.78, 5) is 9.75. The molecule has 0 unspecified atom stereocenters. The minimum absolute atomic E-state index is 0.151. The van der Waals surface area contributed by atoms with Gasteiger partial charge in [-0.25, -0.2) is 14.6 Å².